The summed E-state index contributed by atoms with van der Waals surface area (Å²) in [5.41, 5.74) is 0.658. The van der Waals surface area contributed by atoms with Crippen LogP contribution in [0.25, 0.3) is 0 Å². The van der Waals surface area contributed by atoms with Crippen LogP contribution in [0.3, 0.4) is 0 Å². The number of halogens is 1. The zero-order chi connectivity index (χ0) is 9.68. The van der Waals surface area contributed by atoms with E-state index in [2.05, 4.69) is 15.5 Å². The van der Waals surface area contributed by atoms with E-state index in [0.717, 1.165) is 0 Å². The van der Waals surface area contributed by atoms with Crippen molar-refractivity contribution in [3.63, 3.8) is 0 Å². The minimum absolute atomic E-state index is 0.0929. The van der Waals surface area contributed by atoms with Gasteiger partial charge >= 0.3 is 5.97 Å². The van der Waals surface area contributed by atoms with Crippen molar-refractivity contribution < 1.29 is 9.90 Å². The first kappa shape index (κ1) is 9.88. The van der Waals surface area contributed by atoms with E-state index >= 15 is 0 Å². The van der Waals surface area contributed by atoms with Gasteiger partial charge in [0.15, 0.2) is 5.15 Å². The molecule has 0 bridgehead atoms. The van der Waals surface area contributed by atoms with Gasteiger partial charge in [0, 0.05) is 6.54 Å². The number of nitrogens with one attached hydrogen (secondary N) is 1. The van der Waals surface area contributed by atoms with Crippen molar-refractivity contribution in [3.05, 3.63) is 23.0 Å². The first-order valence-corrected chi connectivity index (χ1v) is 3.97. The second-order valence-electron chi connectivity index (χ2n) is 2.34. The number of carboxylic acid groups (broad SMARTS) is 1. The first-order valence-electron chi connectivity index (χ1n) is 3.59. The third-order valence-electron chi connectivity index (χ3n) is 1.27. The molecule has 5 nitrogen and oxygen atoms in total. The van der Waals surface area contributed by atoms with Gasteiger partial charge in [-0.2, -0.15) is 5.10 Å². The van der Waals surface area contributed by atoms with E-state index in [1.54, 1.807) is 12.1 Å². The first-order chi connectivity index (χ1) is 6.18. The molecule has 70 valence electrons. The van der Waals surface area contributed by atoms with Crippen molar-refractivity contribution in [1.82, 2.24) is 15.5 Å². The molecule has 6 heteroatoms. The number of carbonyl (C=O) groups is 1. The quantitative estimate of drug-likeness (QED) is 0.733. The topological polar surface area (TPSA) is 75.1 Å². The minimum Gasteiger partial charge on any atom is -0.480 e. The zero-order valence-electron chi connectivity index (χ0n) is 6.70. The van der Waals surface area contributed by atoms with Gasteiger partial charge in [-0.25, -0.2) is 0 Å². The number of aliphatic carboxylic acids is 1. The Morgan fingerprint density at radius 2 is 2.31 bits per heavy atom. The monoisotopic (exact) mass is 201 g/mol. The molecule has 0 unspecified atom stereocenters. The van der Waals surface area contributed by atoms with Crippen molar-refractivity contribution in [2.75, 3.05) is 6.54 Å². The van der Waals surface area contributed by atoms with Crippen LogP contribution < -0.4 is 5.32 Å². The molecule has 0 saturated carbocycles. The van der Waals surface area contributed by atoms with Crippen molar-refractivity contribution in [2.24, 2.45) is 0 Å². The van der Waals surface area contributed by atoms with E-state index in [4.69, 9.17) is 16.7 Å². The van der Waals surface area contributed by atoms with E-state index in [9.17, 15) is 4.79 Å². The highest BCUT2D eigenvalue weighted by Gasteiger charge is 1.98. The molecule has 0 aliphatic heterocycles. The zero-order valence-corrected chi connectivity index (χ0v) is 7.45. The van der Waals surface area contributed by atoms with Crippen LogP contribution in [0.2, 0.25) is 5.15 Å². The van der Waals surface area contributed by atoms with Crippen LogP contribution in [0.1, 0.15) is 5.69 Å². The van der Waals surface area contributed by atoms with Gasteiger partial charge in [-0.1, -0.05) is 11.6 Å². The van der Waals surface area contributed by atoms with Gasteiger partial charge in [0.05, 0.1) is 12.2 Å². The van der Waals surface area contributed by atoms with Crippen LogP contribution in [0.4, 0.5) is 0 Å². The van der Waals surface area contributed by atoms with Gasteiger partial charge in [0.1, 0.15) is 0 Å². The second-order valence-corrected chi connectivity index (χ2v) is 2.73. The summed E-state index contributed by atoms with van der Waals surface area (Å²) in [7, 11) is 0. The fourth-order valence-corrected chi connectivity index (χ4v) is 0.836. The summed E-state index contributed by atoms with van der Waals surface area (Å²) in [6, 6.07) is 3.29. The maximum atomic E-state index is 10.1. The molecule has 0 amide bonds. The van der Waals surface area contributed by atoms with E-state index in [1.807, 2.05) is 0 Å². The molecule has 1 heterocycles. The van der Waals surface area contributed by atoms with Gasteiger partial charge in [0.25, 0.3) is 0 Å². The smallest absolute Gasteiger partial charge is 0.317 e. The molecule has 0 radical (unpaired) electrons. The van der Waals surface area contributed by atoms with Crippen LogP contribution in [0.5, 0.6) is 0 Å². The molecule has 0 saturated heterocycles. The van der Waals surface area contributed by atoms with Gasteiger partial charge in [-0.15, -0.1) is 5.10 Å². The molecule has 1 aromatic heterocycles. The van der Waals surface area contributed by atoms with Crippen molar-refractivity contribution in [1.29, 1.82) is 0 Å². The van der Waals surface area contributed by atoms with Gasteiger partial charge in [-0.05, 0) is 12.1 Å². The molecule has 0 fully saturated rings. The highest BCUT2D eigenvalue weighted by molar-refractivity contribution is 6.29. The van der Waals surface area contributed by atoms with E-state index < -0.39 is 5.97 Å². The van der Waals surface area contributed by atoms with Crippen molar-refractivity contribution >= 4 is 17.6 Å². The van der Waals surface area contributed by atoms with E-state index in [-0.39, 0.29) is 6.54 Å². The lowest BCUT2D eigenvalue weighted by atomic mass is 10.4. The van der Waals surface area contributed by atoms with Crippen LogP contribution in [0.15, 0.2) is 12.1 Å². The molecular weight excluding hydrogens is 194 g/mol. The SMILES string of the molecule is O=C(O)CNCc1ccc(Cl)nn1. The fourth-order valence-electron chi connectivity index (χ4n) is 0.735. The summed E-state index contributed by atoms with van der Waals surface area (Å²) in [5.74, 6) is -0.901. The lowest BCUT2D eigenvalue weighted by Gasteiger charge is -1.99. The van der Waals surface area contributed by atoms with Crippen LogP contribution in [-0.2, 0) is 11.3 Å². The Morgan fingerprint density at radius 1 is 1.54 bits per heavy atom. The largest absolute Gasteiger partial charge is 0.480 e. The predicted molar refractivity (Wildman–Crippen MR) is 46.4 cm³/mol. The number of carboxylic acids is 1. The van der Waals surface area contributed by atoms with Crippen LogP contribution in [-0.4, -0.2) is 27.8 Å². The fraction of sp³-hybridized carbons (Fsp3) is 0.286. The second kappa shape index (κ2) is 4.74. The van der Waals surface area contributed by atoms with Gasteiger partial charge < -0.3 is 10.4 Å². The summed E-state index contributed by atoms with van der Waals surface area (Å²) in [4.78, 5) is 10.1. The standard InChI is InChI=1S/C7H8ClN3O2/c8-6-2-1-5(10-11-6)3-9-4-7(12)13/h1-2,9H,3-4H2,(H,12,13). The highest BCUT2D eigenvalue weighted by Crippen LogP contribution is 2.01. The van der Waals surface area contributed by atoms with Crippen molar-refractivity contribution in [3.8, 4) is 0 Å². The summed E-state index contributed by atoms with van der Waals surface area (Å²) in [6.45, 7) is 0.279. The summed E-state index contributed by atoms with van der Waals surface area (Å²) >= 11 is 5.51. The molecule has 0 aliphatic rings. The maximum absolute atomic E-state index is 10.1. The molecular formula is C7H8ClN3O2. The van der Waals surface area contributed by atoms with Crippen LogP contribution in [0, 0.1) is 0 Å². The molecule has 13 heavy (non-hydrogen) atoms. The molecule has 2 N–H and O–H groups in total. The number of rotatable bonds is 4. The molecule has 0 atom stereocenters. The number of hydrogen-bond acceptors (Lipinski definition) is 4. The molecule has 1 rings (SSSR count). The third-order valence-corrected chi connectivity index (χ3v) is 1.47. The van der Waals surface area contributed by atoms with E-state index in [0.29, 0.717) is 17.4 Å². The number of hydrogen-bond donors (Lipinski definition) is 2. The number of nitrogens with zero attached hydrogens (tertiary/aromatic N) is 2. The normalized spacial score (nSPS) is 9.92. The Kier molecular flexibility index (Phi) is 3.60. The lowest BCUT2D eigenvalue weighted by molar-refractivity contribution is -0.135. The Balaban J connectivity index is 2.37. The maximum Gasteiger partial charge on any atom is 0.317 e. The highest BCUT2D eigenvalue weighted by atomic mass is 35.5. The minimum atomic E-state index is -0.901. The molecule has 0 spiro atoms. The predicted octanol–water partition coefficient (Wildman–Crippen LogP) is 0.304. The summed E-state index contributed by atoms with van der Waals surface area (Å²) in [6.07, 6.45) is 0. The molecule has 0 aliphatic carbocycles. The van der Waals surface area contributed by atoms with Crippen molar-refractivity contribution in [2.45, 2.75) is 6.54 Å². The summed E-state index contributed by atoms with van der Waals surface area (Å²) < 4.78 is 0. The lowest BCUT2D eigenvalue weighted by Crippen LogP contribution is -2.22. The summed E-state index contributed by atoms with van der Waals surface area (Å²) in [5, 5.41) is 18.7. The Labute approximate surface area is 79.7 Å². The van der Waals surface area contributed by atoms with Gasteiger partial charge in [0.2, 0.25) is 0 Å². The third kappa shape index (κ3) is 3.82. The molecule has 1 aromatic rings. The Morgan fingerprint density at radius 3 is 2.85 bits per heavy atom. The average Bonchev–Trinajstić information content (AvgIpc) is 2.08. The Hall–Kier alpha value is -1.20. The number of aromatic nitrogens is 2. The Bertz CT molecular complexity index is 288. The van der Waals surface area contributed by atoms with E-state index in [1.165, 1.54) is 0 Å². The average molecular weight is 202 g/mol. The molecule has 0 aromatic carbocycles. The van der Waals surface area contributed by atoms with Gasteiger partial charge in [-0.3, -0.25) is 4.79 Å². The van der Waals surface area contributed by atoms with Crippen LogP contribution >= 0.6 is 11.6 Å².